The third-order valence-electron chi connectivity index (χ3n) is 9.85. The van der Waals surface area contributed by atoms with Crippen LogP contribution in [0.25, 0.3) is 87.6 Å². The SMILES string of the molecule is c1ccc2c(c1)Sc1ccccc1-c1ccc(-c3c4ccccc4c(-c4ccc5ccccc5c4)c4ccccc34)c3cccc-2c13. The van der Waals surface area contributed by atoms with Gasteiger partial charge in [0.25, 0.3) is 0 Å². The van der Waals surface area contributed by atoms with Gasteiger partial charge in [-0.25, -0.2) is 0 Å². The third-order valence-corrected chi connectivity index (χ3v) is 11.0. The van der Waals surface area contributed by atoms with Crippen LogP contribution in [0.2, 0.25) is 0 Å². The van der Waals surface area contributed by atoms with Gasteiger partial charge in [-0.15, -0.1) is 0 Å². The second-order valence-electron chi connectivity index (χ2n) is 12.4. The van der Waals surface area contributed by atoms with Crippen LogP contribution >= 0.6 is 11.8 Å². The van der Waals surface area contributed by atoms with Crippen molar-refractivity contribution in [1.29, 1.82) is 0 Å². The number of fused-ring (bicyclic) bond motifs is 7. The third kappa shape index (κ3) is 4.03. The van der Waals surface area contributed by atoms with Gasteiger partial charge < -0.3 is 0 Å². The largest absolute Gasteiger partial charge is 0.0888 e. The Kier molecular flexibility index (Phi) is 5.91. The maximum Gasteiger partial charge on any atom is 0.0201 e. The predicted molar refractivity (Wildman–Crippen MR) is 202 cm³/mol. The molecule has 0 N–H and O–H groups in total. The van der Waals surface area contributed by atoms with Crippen LogP contribution in [0, 0.1) is 0 Å². The van der Waals surface area contributed by atoms with E-state index in [0.717, 1.165) is 0 Å². The minimum absolute atomic E-state index is 1.25. The molecule has 0 bridgehead atoms. The fraction of sp³-hybridized carbons (Fsp3) is 0. The molecule has 0 amide bonds. The summed E-state index contributed by atoms with van der Waals surface area (Å²) in [7, 11) is 0. The summed E-state index contributed by atoms with van der Waals surface area (Å²) >= 11 is 1.87. The second-order valence-corrected chi connectivity index (χ2v) is 13.5. The first-order valence-corrected chi connectivity index (χ1v) is 17.0. The Balaban J connectivity index is 1.34. The zero-order valence-electron chi connectivity index (χ0n) is 25.6. The van der Waals surface area contributed by atoms with Gasteiger partial charge in [0.2, 0.25) is 0 Å². The van der Waals surface area contributed by atoms with Gasteiger partial charge in [-0.3, -0.25) is 0 Å². The monoisotopic (exact) mass is 612 g/mol. The number of hydrogen-bond donors (Lipinski definition) is 0. The Morgan fingerprint density at radius 3 is 1.47 bits per heavy atom. The first-order chi connectivity index (χ1) is 23.3. The molecule has 0 atom stereocenters. The molecule has 0 nitrogen and oxygen atoms in total. The molecule has 1 aliphatic rings. The standard InChI is InChI=1S/C46H28S/c1-2-13-30-28-31(25-24-29(30)12-1)44-35-16-3-5-18-37(35)46(38-19-6-4-17-36(38)44)41-27-26-40-33-15-8-10-23-43(33)47-42-22-9-7-14-32(42)34-20-11-21-39(41)45(34)40/h1-28H. The van der Waals surface area contributed by atoms with E-state index >= 15 is 0 Å². The average molecular weight is 613 g/mol. The lowest BCUT2D eigenvalue weighted by molar-refractivity contribution is 1.39. The molecule has 218 valence electrons. The van der Waals surface area contributed by atoms with Crippen molar-refractivity contribution in [3.63, 3.8) is 0 Å². The van der Waals surface area contributed by atoms with Crippen LogP contribution in [0.3, 0.4) is 0 Å². The van der Waals surface area contributed by atoms with Crippen molar-refractivity contribution < 1.29 is 0 Å². The van der Waals surface area contributed by atoms with Crippen LogP contribution in [0.1, 0.15) is 0 Å². The molecule has 0 aromatic heterocycles. The number of rotatable bonds is 2. The van der Waals surface area contributed by atoms with E-state index in [1.807, 2.05) is 11.8 Å². The van der Waals surface area contributed by atoms with E-state index in [-0.39, 0.29) is 0 Å². The van der Waals surface area contributed by atoms with Gasteiger partial charge in [0.05, 0.1) is 0 Å². The summed E-state index contributed by atoms with van der Waals surface area (Å²) in [5.74, 6) is 0. The lowest BCUT2D eigenvalue weighted by Gasteiger charge is -2.23. The first kappa shape index (κ1) is 26.6. The Morgan fingerprint density at radius 1 is 0.298 bits per heavy atom. The van der Waals surface area contributed by atoms with Crippen LogP contribution in [-0.4, -0.2) is 0 Å². The highest BCUT2D eigenvalue weighted by Crippen LogP contribution is 2.51. The fourth-order valence-corrected chi connectivity index (χ4v) is 8.93. The lowest BCUT2D eigenvalue weighted by Crippen LogP contribution is -1.96. The molecule has 0 fully saturated rings. The minimum atomic E-state index is 1.25. The average Bonchev–Trinajstić information content (AvgIpc) is 3.13. The summed E-state index contributed by atoms with van der Waals surface area (Å²) in [5, 5.41) is 10.2. The highest BCUT2D eigenvalue weighted by atomic mass is 32.2. The van der Waals surface area contributed by atoms with Crippen molar-refractivity contribution in [1.82, 2.24) is 0 Å². The van der Waals surface area contributed by atoms with E-state index in [1.54, 1.807) is 0 Å². The molecule has 0 aliphatic carbocycles. The van der Waals surface area contributed by atoms with Gasteiger partial charge in [0, 0.05) is 9.79 Å². The summed E-state index contributed by atoms with van der Waals surface area (Å²) in [6.45, 7) is 0. The summed E-state index contributed by atoms with van der Waals surface area (Å²) < 4.78 is 0. The second kappa shape index (κ2) is 10.5. The lowest BCUT2D eigenvalue weighted by atomic mass is 9.82. The van der Waals surface area contributed by atoms with Crippen LogP contribution in [-0.2, 0) is 0 Å². The molecule has 10 rings (SSSR count). The van der Waals surface area contributed by atoms with Gasteiger partial charge in [0.15, 0.2) is 0 Å². The Morgan fingerprint density at radius 2 is 0.787 bits per heavy atom. The van der Waals surface area contributed by atoms with Crippen molar-refractivity contribution in [3.8, 4) is 44.5 Å². The highest BCUT2D eigenvalue weighted by molar-refractivity contribution is 7.99. The maximum absolute atomic E-state index is 2.38. The van der Waals surface area contributed by atoms with E-state index in [9.17, 15) is 0 Å². The van der Waals surface area contributed by atoms with Gasteiger partial charge in [0.1, 0.15) is 0 Å². The van der Waals surface area contributed by atoms with Gasteiger partial charge in [-0.1, -0.05) is 163 Å². The molecular formula is C46H28S. The van der Waals surface area contributed by atoms with E-state index in [1.165, 1.54) is 97.4 Å². The quantitative estimate of drug-likeness (QED) is 0.175. The summed E-state index contributed by atoms with van der Waals surface area (Å²) in [4.78, 5) is 2.58. The maximum atomic E-state index is 2.38. The van der Waals surface area contributed by atoms with E-state index < -0.39 is 0 Å². The van der Waals surface area contributed by atoms with Crippen LogP contribution in [0.15, 0.2) is 180 Å². The van der Waals surface area contributed by atoms with Crippen molar-refractivity contribution in [2.24, 2.45) is 0 Å². The molecule has 0 radical (unpaired) electrons. The Hall–Kier alpha value is -5.63. The molecule has 1 aliphatic heterocycles. The number of benzene rings is 9. The molecule has 1 heterocycles. The van der Waals surface area contributed by atoms with Crippen molar-refractivity contribution in [3.05, 3.63) is 170 Å². The van der Waals surface area contributed by atoms with Crippen LogP contribution in [0.4, 0.5) is 0 Å². The van der Waals surface area contributed by atoms with Crippen molar-refractivity contribution in [2.45, 2.75) is 9.79 Å². The normalized spacial score (nSPS) is 12.2. The molecule has 0 saturated carbocycles. The fourth-order valence-electron chi connectivity index (χ4n) is 7.82. The van der Waals surface area contributed by atoms with E-state index in [4.69, 9.17) is 0 Å². The molecular weight excluding hydrogens is 585 g/mol. The Bertz CT molecular complexity index is 2610. The zero-order valence-corrected chi connectivity index (χ0v) is 26.4. The van der Waals surface area contributed by atoms with Crippen molar-refractivity contribution >= 4 is 54.9 Å². The summed E-state index contributed by atoms with van der Waals surface area (Å²) in [5.41, 5.74) is 10.3. The molecule has 9 aromatic rings. The van der Waals surface area contributed by atoms with E-state index in [0.29, 0.717) is 0 Å². The molecule has 1 heteroatoms. The molecule has 47 heavy (non-hydrogen) atoms. The summed E-state index contributed by atoms with van der Waals surface area (Å²) in [6.07, 6.45) is 0. The Labute approximate surface area is 278 Å². The topological polar surface area (TPSA) is 0 Å². The first-order valence-electron chi connectivity index (χ1n) is 16.2. The molecule has 0 spiro atoms. The molecule has 9 aromatic carbocycles. The summed E-state index contributed by atoms with van der Waals surface area (Å²) in [6, 6.07) is 62.9. The van der Waals surface area contributed by atoms with Crippen molar-refractivity contribution in [2.75, 3.05) is 0 Å². The van der Waals surface area contributed by atoms with Crippen LogP contribution < -0.4 is 0 Å². The van der Waals surface area contributed by atoms with Gasteiger partial charge in [-0.05, 0) is 106 Å². The molecule has 0 saturated heterocycles. The van der Waals surface area contributed by atoms with E-state index in [2.05, 4.69) is 170 Å². The predicted octanol–water partition coefficient (Wildman–Crippen LogP) is 13.4. The number of hydrogen-bond acceptors (Lipinski definition) is 1. The van der Waals surface area contributed by atoms with Crippen LogP contribution in [0.5, 0.6) is 0 Å². The smallest absolute Gasteiger partial charge is 0.0201 e. The minimum Gasteiger partial charge on any atom is -0.0888 e. The van der Waals surface area contributed by atoms with Gasteiger partial charge >= 0.3 is 0 Å². The molecule has 0 unspecified atom stereocenters. The highest BCUT2D eigenvalue weighted by Gasteiger charge is 2.23. The van der Waals surface area contributed by atoms with Gasteiger partial charge in [-0.2, -0.15) is 0 Å². The zero-order chi connectivity index (χ0) is 30.9.